The van der Waals surface area contributed by atoms with Crippen LogP contribution in [0.4, 0.5) is 20.3 Å². The molecule has 5 nitrogen and oxygen atoms in total. The number of carbonyl (C=O) groups excluding carboxylic acids is 1. The largest absolute Gasteiger partial charge is 0.337 e. The molecule has 1 amide bonds. The van der Waals surface area contributed by atoms with Gasteiger partial charge in [0.25, 0.3) is 5.91 Å². The summed E-state index contributed by atoms with van der Waals surface area (Å²) < 4.78 is 26.7. The number of nitrogens with zero attached hydrogens (tertiary/aromatic N) is 3. The van der Waals surface area contributed by atoms with Gasteiger partial charge in [-0.2, -0.15) is 0 Å². The highest BCUT2D eigenvalue weighted by Crippen LogP contribution is 2.19. The van der Waals surface area contributed by atoms with Crippen molar-refractivity contribution < 1.29 is 13.6 Å². The van der Waals surface area contributed by atoms with Crippen LogP contribution in [0, 0.1) is 11.6 Å². The molecule has 0 unspecified atom stereocenters. The number of hydrogen-bond donors (Lipinski definition) is 1. The van der Waals surface area contributed by atoms with Gasteiger partial charge >= 0.3 is 0 Å². The fourth-order valence-electron chi connectivity index (χ4n) is 2.65. The Morgan fingerprint density at radius 2 is 1.82 bits per heavy atom. The van der Waals surface area contributed by atoms with E-state index in [4.69, 9.17) is 0 Å². The molecule has 2 aromatic carbocycles. The van der Waals surface area contributed by atoms with Crippen molar-refractivity contribution in [2.24, 2.45) is 0 Å². The minimum absolute atomic E-state index is 0.0272. The van der Waals surface area contributed by atoms with Gasteiger partial charge in [-0.25, -0.2) is 18.7 Å². The summed E-state index contributed by atoms with van der Waals surface area (Å²) in [5, 5.41) is 2.72. The molecule has 0 aliphatic rings. The molecule has 0 aliphatic heterocycles. The maximum Gasteiger partial charge on any atom is 0.274 e. The number of anilines is 2. The molecular weight excluding hydrogens is 362 g/mol. The van der Waals surface area contributed by atoms with Crippen molar-refractivity contribution in [2.45, 2.75) is 26.4 Å². The van der Waals surface area contributed by atoms with Crippen LogP contribution in [0.3, 0.4) is 0 Å². The first-order valence-electron chi connectivity index (χ1n) is 8.83. The summed E-state index contributed by atoms with van der Waals surface area (Å²) in [5.41, 5.74) is 1.28. The second-order valence-electron chi connectivity index (χ2n) is 6.55. The highest BCUT2D eigenvalue weighted by atomic mass is 19.1. The predicted molar refractivity (Wildman–Crippen MR) is 103 cm³/mol. The quantitative estimate of drug-likeness (QED) is 0.680. The Kier molecular flexibility index (Phi) is 5.93. The molecule has 144 valence electrons. The molecular formula is C21H20F2N4O. The third-order valence-electron chi connectivity index (χ3n) is 4.14. The number of carbonyl (C=O) groups is 1. The van der Waals surface area contributed by atoms with E-state index in [-0.39, 0.29) is 29.1 Å². The Bertz CT molecular complexity index is 946. The Labute approximate surface area is 162 Å². The minimum atomic E-state index is -0.740. The lowest BCUT2D eigenvalue weighted by atomic mass is 10.2. The lowest BCUT2D eigenvalue weighted by Gasteiger charge is -2.26. The summed E-state index contributed by atoms with van der Waals surface area (Å²) >= 11 is 0. The third kappa shape index (κ3) is 4.68. The number of hydrogen-bond acceptors (Lipinski definition) is 4. The number of benzene rings is 2. The van der Waals surface area contributed by atoms with Crippen LogP contribution >= 0.6 is 0 Å². The summed E-state index contributed by atoms with van der Waals surface area (Å²) in [7, 11) is 0. The van der Waals surface area contributed by atoms with Gasteiger partial charge in [-0.15, -0.1) is 0 Å². The highest BCUT2D eigenvalue weighted by Gasteiger charge is 2.20. The van der Waals surface area contributed by atoms with E-state index in [1.54, 1.807) is 4.90 Å². The molecule has 1 aromatic heterocycles. The molecule has 0 bridgehead atoms. The van der Waals surface area contributed by atoms with Gasteiger partial charge in [0.05, 0.1) is 18.1 Å². The van der Waals surface area contributed by atoms with Crippen LogP contribution in [0.25, 0.3) is 0 Å². The highest BCUT2D eigenvalue weighted by molar-refractivity contribution is 5.92. The van der Waals surface area contributed by atoms with Crippen LogP contribution in [0.2, 0.25) is 0 Å². The Balaban J connectivity index is 1.74. The summed E-state index contributed by atoms with van der Waals surface area (Å²) in [4.78, 5) is 22.8. The summed E-state index contributed by atoms with van der Waals surface area (Å²) in [5.74, 6) is -1.40. The zero-order chi connectivity index (χ0) is 20.1. The topological polar surface area (TPSA) is 58.1 Å². The maximum absolute atomic E-state index is 13.7. The molecule has 0 saturated heterocycles. The van der Waals surface area contributed by atoms with Crippen LogP contribution in [0.15, 0.2) is 60.9 Å². The molecule has 0 atom stereocenters. The summed E-state index contributed by atoms with van der Waals surface area (Å²) in [6.45, 7) is 4.32. The van der Waals surface area contributed by atoms with Crippen molar-refractivity contribution in [3.63, 3.8) is 0 Å². The van der Waals surface area contributed by atoms with Crippen molar-refractivity contribution in [1.82, 2.24) is 14.9 Å². The fourth-order valence-corrected chi connectivity index (χ4v) is 2.65. The van der Waals surface area contributed by atoms with Gasteiger partial charge < -0.3 is 10.2 Å². The van der Waals surface area contributed by atoms with Gasteiger partial charge in [-0.05, 0) is 31.5 Å². The normalized spacial score (nSPS) is 10.8. The van der Waals surface area contributed by atoms with Gasteiger partial charge in [-0.1, -0.05) is 30.3 Å². The van der Waals surface area contributed by atoms with Gasteiger partial charge in [0.2, 0.25) is 0 Å². The van der Waals surface area contributed by atoms with E-state index in [0.717, 1.165) is 17.7 Å². The van der Waals surface area contributed by atoms with Crippen molar-refractivity contribution in [2.75, 3.05) is 5.32 Å². The van der Waals surface area contributed by atoms with E-state index in [9.17, 15) is 13.6 Å². The molecule has 3 aromatic rings. The van der Waals surface area contributed by atoms with Crippen LogP contribution in [0.5, 0.6) is 0 Å². The lowest BCUT2D eigenvalue weighted by Crippen LogP contribution is -2.36. The van der Waals surface area contributed by atoms with E-state index in [0.29, 0.717) is 6.54 Å². The molecule has 28 heavy (non-hydrogen) atoms. The second-order valence-corrected chi connectivity index (χ2v) is 6.55. The summed E-state index contributed by atoms with van der Waals surface area (Å²) in [6, 6.07) is 12.8. The molecule has 7 heteroatoms. The molecule has 1 heterocycles. The van der Waals surface area contributed by atoms with Gasteiger partial charge in [0, 0.05) is 18.7 Å². The van der Waals surface area contributed by atoms with Crippen LogP contribution in [0.1, 0.15) is 29.9 Å². The average Bonchev–Trinajstić information content (AvgIpc) is 2.69. The number of nitrogens with one attached hydrogen (secondary N) is 1. The molecule has 0 saturated carbocycles. The molecule has 0 spiro atoms. The first kappa shape index (κ1) is 19.4. The molecule has 1 N–H and O–H groups in total. The van der Waals surface area contributed by atoms with Crippen molar-refractivity contribution in [1.29, 1.82) is 0 Å². The zero-order valence-electron chi connectivity index (χ0n) is 15.6. The smallest absolute Gasteiger partial charge is 0.274 e. The SMILES string of the molecule is CC(C)N(Cc1ccccc1)C(=O)c1cnc(Nc2ccc(F)cc2F)cn1. The zero-order valence-corrected chi connectivity index (χ0v) is 15.6. The predicted octanol–water partition coefficient (Wildman–Crippen LogP) is 4.55. The van der Waals surface area contributed by atoms with Gasteiger partial charge in [0.15, 0.2) is 0 Å². The van der Waals surface area contributed by atoms with E-state index in [1.807, 2.05) is 44.2 Å². The van der Waals surface area contributed by atoms with Crippen LogP contribution in [-0.4, -0.2) is 26.8 Å². The fraction of sp³-hybridized carbons (Fsp3) is 0.190. The maximum atomic E-state index is 13.7. The second kappa shape index (κ2) is 8.56. The minimum Gasteiger partial charge on any atom is -0.337 e. The van der Waals surface area contributed by atoms with E-state index in [2.05, 4.69) is 15.3 Å². The van der Waals surface area contributed by atoms with E-state index in [1.165, 1.54) is 18.5 Å². The van der Waals surface area contributed by atoms with Crippen molar-refractivity contribution in [3.8, 4) is 0 Å². The number of amides is 1. The Morgan fingerprint density at radius 3 is 2.43 bits per heavy atom. The number of rotatable bonds is 6. The van der Waals surface area contributed by atoms with E-state index >= 15 is 0 Å². The molecule has 0 fully saturated rings. The summed E-state index contributed by atoms with van der Waals surface area (Å²) in [6.07, 6.45) is 2.68. The third-order valence-corrected chi connectivity index (χ3v) is 4.14. The number of halogens is 2. The molecule has 0 radical (unpaired) electrons. The first-order valence-corrected chi connectivity index (χ1v) is 8.83. The number of aromatic nitrogens is 2. The monoisotopic (exact) mass is 382 g/mol. The van der Waals surface area contributed by atoms with Crippen molar-refractivity contribution in [3.05, 3.63) is 83.8 Å². The average molecular weight is 382 g/mol. The van der Waals surface area contributed by atoms with Gasteiger partial charge in [0.1, 0.15) is 23.1 Å². The standard InChI is InChI=1S/C21H20F2N4O/c1-14(2)27(13-15-6-4-3-5-7-15)21(28)19-11-25-20(12-24-19)26-18-9-8-16(22)10-17(18)23/h3-12,14H,13H2,1-2H3,(H,25,26). The van der Waals surface area contributed by atoms with E-state index < -0.39 is 11.6 Å². The molecule has 3 rings (SSSR count). The molecule has 0 aliphatic carbocycles. The Morgan fingerprint density at radius 1 is 1.07 bits per heavy atom. The lowest BCUT2D eigenvalue weighted by molar-refractivity contribution is 0.0684. The first-order chi connectivity index (χ1) is 13.4. The van der Waals surface area contributed by atoms with Crippen LogP contribution < -0.4 is 5.32 Å². The van der Waals surface area contributed by atoms with Crippen LogP contribution in [-0.2, 0) is 6.54 Å². The van der Waals surface area contributed by atoms with Gasteiger partial charge in [-0.3, -0.25) is 4.79 Å². The van der Waals surface area contributed by atoms with Crippen molar-refractivity contribution >= 4 is 17.4 Å². The Hall–Kier alpha value is -3.35.